The molecule has 0 atom stereocenters. The highest BCUT2D eigenvalue weighted by molar-refractivity contribution is 7.92. The number of carbonyl (C=O) groups is 1. The van der Waals surface area contributed by atoms with Gasteiger partial charge in [0.2, 0.25) is 0 Å². The minimum atomic E-state index is -3.28. The van der Waals surface area contributed by atoms with Crippen molar-refractivity contribution in [3.8, 4) is 0 Å². The fourth-order valence-corrected chi connectivity index (χ4v) is 6.05. The molecule has 2 fully saturated rings. The van der Waals surface area contributed by atoms with Crippen LogP contribution in [0.3, 0.4) is 0 Å². The number of amides is 1. The van der Waals surface area contributed by atoms with E-state index in [1.54, 1.807) is 31.4 Å². The molecule has 0 aromatic heterocycles. The predicted molar refractivity (Wildman–Crippen MR) is 105 cm³/mol. The molecular weight excluding hydrogens is 364 g/mol. The molecule has 1 amide bonds. The van der Waals surface area contributed by atoms with E-state index in [1.165, 1.54) is 0 Å². The normalized spacial score (nSPS) is 20.5. The molecule has 0 radical (unpaired) electrons. The quantitative estimate of drug-likeness (QED) is 0.740. The number of hydrogen-bond acceptors (Lipinski definition) is 5. The Morgan fingerprint density at radius 3 is 2.41 bits per heavy atom. The summed E-state index contributed by atoms with van der Waals surface area (Å²) in [6.45, 7) is 3.02. The number of ether oxygens (including phenoxy) is 1. The van der Waals surface area contributed by atoms with Crippen LogP contribution < -0.4 is 10.6 Å². The fraction of sp³-hybridized carbons (Fsp3) is 0.650. The Kier molecular flexibility index (Phi) is 6.55. The van der Waals surface area contributed by atoms with Gasteiger partial charge in [-0.3, -0.25) is 4.79 Å². The average Bonchev–Trinajstić information content (AvgIpc) is 3.23. The third-order valence-electron chi connectivity index (χ3n) is 5.92. The van der Waals surface area contributed by atoms with Crippen molar-refractivity contribution in [1.29, 1.82) is 0 Å². The van der Waals surface area contributed by atoms with E-state index in [9.17, 15) is 13.2 Å². The largest absolute Gasteiger partial charge is 0.384 e. The van der Waals surface area contributed by atoms with Gasteiger partial charge in [0, 0.05) is 24.6 Å². The van der Waals surface area contributed by atoms with Crippen LogP contribution in [-0.4, -0.2) is 52.9 Å². The van der Waals surface area contributed by atoms with Crippen LogP contribution in [-0.2, 0) is 14.6 Å². The SMILES string of the molecule is COCC1(CNC(=O)c2ccc(S(=O)(=O)C3CCCC3)cc2)CCNCC1. The first-order valence-electron chi connectivity index (χ1n) is 9.79. The first kappa shape index (κ1) is 20.3. The molecule has 3 rings (SSSR count). The highest BCUT2D eigenvalue weighted by atomic mass is 32.2. The molecule has 2 N–H and O–H groups in total. The summed E-state index contributed by atoms with van der Waals surface area (Å²) >= 11 is 0. The number of methoxy groups -OCH3 is 1. The molecule has 1 aromatic rings. The zero-order valence-corrected chi connectivity index (χ0v) is 16.8. The number of sulfone groups is 1. The van der Waals surface area contributed by atoms with Crippen LogP contribution in [0.5, 0.6) is 0 Å². The number of benzene rings is 1. The van der Waals surface area contributed by atoms with E-state index in [2.05, 4.69) is 10.6 Å². The molecule has 0 spiro atoms. The summed E-state index contributed by atoms with van der Waals surface area (Å²) in [5, 5.41) is 6.07. The van der Waals surface area contributed by atoms with Gasteiger partial charge in [0.05, 0.1) is 16.8 Å². The maximum Gasteiger partial charge on any atom is 0.251 e. The molecule has 2 aliphatic rings. The molecule has 1 aromatic carbocycles. The zero-order chi connectivity index (χ0) is 19.3. The smallest absolute Gasteiger partial charge is 0.251 e. The van der Waals surface area contributed by atoms with Crippen molar-refractivity contribution in [3.05, 3.63) is 29.8 Å². The Morgan fingerprint density at radius 2 is 1.81 bits per heavy atom. The highest BCUT2D eigenvalue weighted by Crippen LogP contribution is 2.30. The van der Waals surface area contributed by atoms with Gasteiger partial charge in [-0.1, -0.05) is 12.8 Å². The number of carbonyl (C=O) groups excluding carboxylic acids is 1. The van der Waals surface area contributed by atoms with Gasteiger partial charge in [0.25, 0.3) is 5.91 Å². The highest BCUT2D eigenvalue weighted by Gasteiger charge is 2.33. The maximum absolute atomic E-state index is 12.6. The number of rotatable bonds is 7. The van der Waals surface area contributed by atoms with Gasteiger partial charge in [-0.05, 0) is 63.0 Å². The van der Waals surface area contributed by atoms with Crippen molar-refractivity contribution < 1.29 is 17.9 Å². The van der Waals surface area contributed by atoms with Gasteiger partial charge in [-0.15, -0.1) is 0 Å². The van der Waals surface area contributed by atoms with Gasteiger partial charge >= 0.3 is 0 Å². The van der Waals surface area contributed by atoms with Crippen LogP contribution in [0.1, 0.15) is 48.9 Å². The Labute approximate surface area is 162 Å². The maximum atomic E-state index is 12.6. The van der Waals surface area contributed by atoms with Crippen molar-refractivity contribution >= 4 is 15.7 Å². The minimum Gasteiger partial charge on any atom is -0.384 e. The fourth-order valence-electron chi connectivity index (χ4n) is 4.19. The molecular formula is C20H30N2O4S. The predicted octanol–water partition coefficient (Wildman–Crippen LogP) is 2.15. The van der Waals surface area contributed by atoms with E-state index in [4.69, 9.17) is 4.74 Å². The Hall–Kier alpha value is -1.44. The molecule has 1 aliphatic heterocycles. The first-order valence-corrected chi connectivity index (χ1v) is 11.3. The monoisotopic (exact) mass is 394 g/mol. The molecule has 1 aliphatic carbocycles. The molecule has 1 heterocycles. The van der Waals surface area contributed by atoms with Gasteiger partial charge < -0.3 is 15.4 Å². The molecule has 1 saturated heterocycles. The summed E-state index contributed by atoms with van der Waals surface area (Å²) in [4.78, 5) is 12.9. The third-order valence-corrected chi connectivity index (χ3v) is 8.20. The van der Waals surface area contributed by atoms with Crippen molar-refractivity contribution in [3.63, 3.8) is 0 Å². The second kappa shape index (κ2) is 8.71. The van der Waals surface area contributed by atoms with Crippen molar-refractivity contribution in [2.45, 2.75) is 48.7 Å². The van der Waals surface area contributed by atoms with E-state index in [0.29, 0.717) is 23.6 Å². The van der Waals surface area contributed by atoms with E-state index in [0.717, 1.165) is 51.6 Å². The van der Waals surface area contributed by atoms with Gasteiger partial charge in [0.1, 0.15) is 0 Å². The Balaban J connectivity index is 1.63. The molecule has 7 heteroatoms. The summed E-state index contributed by atoms with van der Waals surface area (Å²) in [6.07, 6.45) is 5.34. The summed E-state index contributed by atoms with van der Waals surface area (Å²) in [5.74, 6) is -0.172. The lowest BCUT2D eigenvalue weighted by molar-refractivity contribution is 0.0511. The lowest BCUT2D eigenvalue weighted by Crippen LogP contribution is -2.47. The van der Waals surface area contributed by atoms with E-state index in [-0.39, 0.29) is 16.6 Å². The van der Waals surface area contributed by atoms with Crippen LogP contribution >= 0.6 is 0 Å². The van der Waals surface area contributed by atoms with Crippen LogP contribution in [0.15, 0.2) is 29.2 Å². The second-order valence-electron chi connectivity index (χ2n) is 7.84. The lowest BCUT2D eigenvalue weighted by atomic mass is 9.79. The molecule has 27 heavy (non-hydrogen) atoms. The average molecular weight is 395 g/mol. The van der Waals surface area contributed by atoms with Gasteiger partial charge in [-0.2, -0.15) is 0 Å². The first-order chi connectivity index (χ1) is 13.0. The Morgan fingerprint density at radius 1 is 1.19 bits per heavy atom. The minimum absolute atomic E-state index is 0.0403. The summed E-state index contributed by atoms with van der Waals surface area (Å²) in [7, 11) is -1.59. The summed E-state index contributed by atoms with van der Waals surface area (Å²) in [5.41, 5.74) is 0.448. The van der Waals surface area contributed by atoms with Crippen molar-refractivity contribution in [2.75, 3.05) is 33.4 Å². The topological polar surface area (TPSA) is 84.5 Å². The van der Waals surface area contributed by atoms with E-state index in [1.807, 2.05) is 0 Å². The number of hydrogen-bond donors (Lipinski definition) is 2. The third kappa shape index (κ3) is 4.70. The van der Waals surface area contributed by atoms with Crippen LogP contribution in [0.2, 0.25) is 0 Å². The molecule has 6 nitrogen and oxygen atoms in total. The molecule has 0 unspecified atom stereocenters. The van der Waals surface area contributed by atoms with Crippen LogP contribution in [0, 0.1) is 5.41 Å². The zero-order valence-electron chi connectivity index (χ0n) is 16.0. The van der Waals surface area contributed by atoms with E-state index < -0.39 is 9.84 Å². The standard InChI is InChI=1S/C20H30N2O4S/c1-26-15-20(10-12-21-13-11-20)14-22-19(23)16-6-8-18(9-7-16)27(24,25)17-4-2-3-5-17/h6-9,17,21H,2-5,10-15H2,1H3,(H,22,23). The molecule has 150 valence electrons. The van der Waals surface area contributed by atoms with Crippen LogP contribution in [0.25, 0.3) is 0 Å². The number of piperidine rings is 1. The van der Waals surface area contributed by atoms with Gasteiger partial charge in [0.15, 0.2) is 9.84 Å². The number of nitrogens with one attached hydrogen (secondary N) is 2. The van der Waals surface area contributed by atoms with Crippen molar-refractivity contribution in [1.82, 2.24) is 10.6 Å². The lowest BCUT2D eigenvalue weighted by Gasteiger charge is -2.37. The molecule has 1 saturated carbocycles. The summed E-state index contributed by atoms with van der Waals surface area (Å²) < 4.78 is 30.7. The molecule has 0 bridgehead atoms. The van der Waals surface area contributed by atoms with E-state index >= 15 is 0 Å². The van der Waals surface area contributed by atoms with Crippen LogP contribution in [0.4, 0.5) is 0 Å². The second-order valence-corrected chi connectivity index (χ2v) is 10.1. The summed E-state index contributed by atoms with van der Waals surface area (Å²) in [6, 6.07) is 6.36. The Bertz CT molecular complexity index is 728. The van der Waals surface area contributed by atoms with Crippen molar-refractivity contribution in [2.24, 2.45) is 5.41 Å². The van der Waals surface area contributed by atoms with Gasteiger partial charge in [-0.25, -0.2) is 8.42 Å².